The number of furan rings is 1. The molecule has 0 unspecified atom stereocenters. The zero-order valence-corrected chi connectivity index (χ0v) is 13.5. The summed E-state index contributed by atoms with van der Waals surface area (Å²) in [5.74, 6) is -0.553. The lowest BCUT2D eigenvalue weighted by molar-refractivity contribution is 0.0525. The van der Waals surface area contributed by atoms with Crippen molar-refractivity contribution in [1.29, 1.82) is 0 Å². The average Bonchev–Trinajstić information content (AvgIpc) is 3.01. The van der Waals surface area contributed by atoms with Crippen LogP contribution < -0.4 is 5.32 Å². The van der Waals surface area contributed by atoms with Crippen LogP contribution in [0.2, 0.25) is 0 Å². The number of hydrogen-bond donors (Lipinski definition) is 1. The van der Waals surface area contributed by atoms with Crippen molar-refractivity contribution >= 4 is 28.5 Å². The Bertz CT molecular complexity index is 878. The number of ether oxygens (including phenoxy) is 1. The van der Waals surface area contributed by atoms with E-state index in [9.17, 15) is 9.59 Å². The molecular weight excluding hydrogens is 306 g/mol. The molecular formula is C19H17NO4. The minimum atomic E-state index is -0.408. The molecule has 0 aliphatic heterocycles. The van der Waals surface area contributed by atoms with Crippen LogP contribution in [0.3, 0.4) is 0 Å². The Kier molecular flexibility index (Phi) is 4.33. The van der Waals surface area contributed by atoms with Crippen LogP contribution in [0.15, 0.2) is 52.9 Å². The first-order chi connectivity index (χ1) is 11.6. The fraction of sp³-hybridized carbons (Fsp3) is 0.158. The monoisotopic (exact) mass is 323 g/mol. The minimum absolute atomic E-state index is 0.220. The molecule has 0 saturated heterocycles. The van der Waals surface area contributed by atoms with Crippen LogP contribution in [0.1, 0.15) is 33.4 Å². The van der Waals surface area contributed by atoms with Crippen LogP contribution in [0, 0.1) is 6.92 Å². The van der Waals surface area contributed by atoms with E-state index in [1.165, 1.54) is 0 Å². The van der Waals surface area contributed by atoms with Crippen molar-refractivity contribution in [3.05, 3.63) is 65.4 Å². The highest BCUT2D eigenvalue weighted by atomic mass is 16.5. The molecule has 0 fully saturated rings. The Morgan fingerprint density at radius 3 is 2.67 bits per heavy atom. The molecule has 5 nitrogen and oxygen atoms in total. The number of carbonyl (C=O) groups is 2. The first kappa shape index (κ1) is 15.8. The molecule has 0 bridgehead atoms. The van der Waals surface area contributed by atoms with Gasteiger partial charge in [0.15, 0.2) is 5.76 Å². The lowest BCUT2D eigenvalue weighted by Crippen LogP contribution is -2.14. The van der Waals surface area contributed by atoms with Crippen molar-refractivity contribution in [2.45, 2.75) is 13.8 Å². The molecule has 3 aromatic rings. The standard InChI is InChI=1S/C19H17NO4/c1-3-23-19(22)14-8-6-9-15(12(14)2)20-18(21)17-11-13-7-4-5-10-16(13)24-17/h4-11H,3H2,1-2H3,(H,20,21). The molecule has 1 heterocycles. The molecule has 122 valence electrons. The number of fused-ring (bicyclic) bond motifs is 1. The number of benzene rings is 2. The normalized spacial score (nSPS) is 10.6. The molecule has 0 atom stereocenters. The molecule has 0 aliphatic rings. The largest absolute Gasteiger partial charge is 0.462 e. The van der Waals surface area contributed by atoms with Gasteiger partial charge in [-0.05, 0) is 43.7 Å². The Morgan fingerprint density at radius 1 is 1.12 bits per heavy atom. The first-order valence-electron chi connectivity index (χ1n) is 7.67. The number of rotatable bonds is 4. The number of esters is 1. The van der Waals surface area contributed by atoms with Gasteiger partial charge in [-0.1, -0.05) is 24.3 Å². The summed E-state index contributed by atoms with van der Waals surface area (Å²) in [7, 11) is 0. The van der Waals surface area contributed by atoms with Gasteiger partial charge in [-0.2, -0.15) is 0 Å². The van der Waals surface area contributed by atoms with E-state index in [0.717, 1.165) is 5.39 Å². The lowest BCUT2D eigenvalue weighted by atomic mass is 10.1. The summed E-state index contributed by atoms with van der Waals surface area (Å²) < 4.78 is 10.6. The molecule has 1 N–H and O–H groups in total. The van der Waals surface area contributed by atoms with E-state index in [-0.39, 0.29) is 11.7 Å². The van der Waals surface area contributed by atoms with Gasteiger partial charge >= 0.3 is 5.97 Å². The average molecular weight is 323 g/mol. The molecule has 0 saturated carbocycles. The Balaban J connectivity index is 1.86. The van der Waals surface area contributed by atoms with E-state index >= 15 is 0 Å². The van der Waals surface area contributed by atoms with E-state index in [1.54, 1.807) is 44.2 Å². The molecule has 0 aliphatic carbocycles. The fourth-order valence-corrected chi connectivity index (χ4v) is 2.48. The zero-order valence-electron chi connectivity index (χ0n) is 13.5. The van der Waals surface area contributed by atoms with Gasteiger partial charge < -0.3 is 14.5 Å². The molecule has 2 aromatic carbocycles. The Hall–Kier alpha value is -3.08. The van der Waals surface area contributed by atoms with Gasteiger partial charge in [-0.3, -0.25) is 4.79 Å². The second-order valence-electron chi connectivity index (χ2n) is 5.30. The first-order valence-corrected chi connectivity index (χ1v) is 7.67. The van der Waals surface area contributed by atoms with Crippen LogP contribution in [0.25, 0.3) is 11.0 Å². The number of para-hydroxylation sites is 1. The lowest BCUT2D eigenvalue weighted by Gasteiger charge is -2.11. The summed E-state index contributed by atoms with van der Waals surface area (Å²) in [4.78, 5) is 24.4. The van der Waals surface area contributed by atoms with Crippen molar-refractivity contribution in [2.75, 3.05) is 11.9 Å². The van der Waals surface area contributed by atoms with Gasteiger partial charge in [0, 0.05) is 11.1 Å². The third-order valence-corrected chi connectivity index (χ3v) is 3.73. The number of hydrogen-bond acceptors (Lipinski definition) is 4. The fourth-order valence-electron chi connectivity index (χ4n) is 2.48. The summed E-state index contributed by atoms with van der Waals surface area (Å²) >= 11 is 0. The van der Waals surface area contributed by atoms with Crippen molar-refractivity contribution in [2.24, 2.45) is 0 Å². The molecule has 1 aromatic heterocycles. The number of nitrogens with one attached hydrogen (secondary N) is 1. The highest BCUT2D eigenvalue weighted by Crippen LogP contribution is 2.23. The van der Waals surface area contributed by atoms with E-state index in [2.05, 4.69) is 5.32 Å². The second kappa shape index (κ2) is 6.58. The maximum absolute atomic E-state index is 12.4. The summed E-state index contributed by atoms with van der Waals surface area (Å²) in [6.45, 7) is 3.81. The van der Waals surface area contributed by atoms with Gasteiger partial charge in [0.05, 0.1) is 12.2 Å². The predicted molar refractivity (Wildman–Crippen MR) is 91.3 cm³/mol. The van der Waals surface area contributed by atoms with Gasteiger partial charge in [0.1, 0.15) is 5.58 Å². The van der Waals surface area contributed by atoms with Crippen molar-refractivity contribution in [3.8, 4) is 0 Å². The predicted octanol–water partition coefficient (Wildman–Crippen LogP) is 4.17. The molecule has 5 heteroatoms. The van der Waals surface area contributed by atoms with E-state index < -0.39 is 5.97 Å². The molecule has 24 heavy (non-hydrogen) atoms. The highest BCUT2D eigenvalue weighted by molar-refractivity contribution is 6.05. The summed E-state index contributed by atoms with van der Waals surface area (Å²) in [6, 6.07) is 14.2. The van der Waals surface area contributed by atoms with E-state index in [4.69, 9.17) is 9.15 Å². The zero-order chi connectivity index (χ0) is 17.1. The number of amides is 1. The van der Waals surface area contributed by atoms with Crippen LogP contribution in [0.5, 0.6) is 0 Å². The third-order valence-electron chi connectivity index (χ3n) is 3.73. The molecule has 0 spiro atoms. The van der Waals surface area contributed by atoms with Crippen LogP contribution >= 0.6 is 0 Å². The van der Waals surface area contributed by atoms with Crippen LogP contribution in [-0.4, -0.2) is 18.5 Å². The van der Waals surface area contributed by atoms with Crippen LogP contribution in [-0.2, 0) is 4.74 Å². The maximum atomic E-state index is 12.4. The van der Waals surface area contributed by atoms with E-state index in [1.807, 2.05) is 18.2 Å². The number of anilines is 1. The quantitative estimate of drug-likeness (QED) is 0.732. The highest BCUT2D eigenvalue weighted by Gasteiger charge is 2.16. The van der Waals surface area contributed by atoms with Gasteiger partial charge in [-0.25, -0.2) is 4.79 Å². The summed E-state index contributed by atoms with van der Waals surface area (Å²) in [5.41, 5.74) is 2.28. The van der Waals surface area contributed by atoms with Crippen molar-refractivity contribution < 1.29 is 18.7 Å². The van der Waals surface area contributed by atoms with Gasteiger partial charge in [-0.15, -0.1) is 0 Å². The molecule has 1 amide bonds. The maximum Gasteiger partial charge on any atom is 0.338 e. The second-order valence-corrected chi connectivity index (χ2v) is 5.30. The smallest absolute Gasteiger partial charge is 0.338 e. The van der Waals surface area contributed by atoms with Gasteiger partial charge in [0.25, 0.3) is 5.91 Å². The number of carbonyl (C=O) groups excluding carboxylic acids is 2. The molecule has 3 rings (SSSR count). The summed E-state index contributed by atoms with van der Waals surface area (Å²) in [5, 5.41) is 3.65. The van der Waals surface area contributed by atoms with Crippen molar-refractivity contribution in [1.82, 2.24) is 0 Å². The summed E-state index contributed by atoms with van der Waals surface area (Å²) in [6.07, 6.45) is 0. The Labute approximate surface area is 139 Å². The minimum Gasteiger partial charge on any atom is -0.462 e. The van der Waals surface area contributed by atoms with Crippen LogP contribution in [0.4, 0.5) is 5.69 Å². The molecule has 0 radical (unpaired) electrons. The van der Waals surface area contributed by atoms with E-state index in [0.29, 0.717) is 29.0 Å². The van der Waals surface area contributed by atoms with Gasteiger partial charge in [0.2, 0.25) is 0 Å². The Morgan fingerprint density at radius 2 is 1.92 bits per heavy atom. The SMILES string of the molecule is CCOC(=O)c1cccc(NC(=O)c2cc3ccccc3o2)c1C. The topological polar surface area (TPSA) is 68.5 Å². The van der Waals surface area contributed by atoms with Crippen molar-refractivity contribution in [3.63, 3.8) is 0 Å². The third kappa shape index (κ3) is 3.01.